The third-order valence-corrected chi connectivity index (χ3v) is 4.56. The van der Waals surface area contributed by atoms with Crippen molar-refractivity contribution in [2.24, 2.45) is 0 Å². The number of nitrogens with zero attached hydrogens (tertiary/aromatic N) is 2. The number of fused-ring (bicyclic) bond motifs is 3. The Morgan fingerprint density at radius 1 is 0.913 bits per heavy atom. The molecule has 0 aliphatic carbocycles. The molecule has 1 fully saturated rings. The molecule has 0 bridgehead atoms. The van der Waals surface area contributed by atoms with Gasteiger partial charge in [-0.3, -0.25) is 9.88 Å². The second-order valence-electron chi connectivity index (χ2n) is 6.57. The van der Waals surface area contributed by atoms with Crippen LogP contribution in [0.2, 0.25) is 0 Å². The van der Waals surface area contributed by atoms with Crippen molar-refractivity contribution in [2.75, 3.05) is 13.1 Å². The Morgan fingerprint density at radius 3 is 2.26 bits per heavy atom. The average molecular weight is 306 g/mol. The Labute approximate surface area is 136 Å². The first-order valence-electron chi connectivity index (χ1n) is 8.35. The Balaban J connectivity index is 1.79. The number of aromatic nitrogens is 1. The molecule has 2 atom stereocenters. The molecular formula is C20H22N2O. The predicted octanol–water partition coefficient (Wildman–Crippen LogP) is 4.00. The fraction of sp³-hybridized carbons (Fsp3) is 0.350. The van der Waals surface area contributed by atoms with Crippen LogP contribution in [-0.4, -0.2) is 35.2 Å². The van der Waals surface area contributed by atoms with E-state index in [0.29, 0.717) is 0 Å². The highest BCUT2D eigenvalue weighted by molar-refractivity contribution is 6.06. The van der Waals surface area contributed by atoms with Crippen LogP contribution in [0.25, 0.3) is 21.7 Å². The molecule has 23 heavy (non-hydrogen) atoms. The van der Waals surface area contributed by atoms with Gasteiger partial charge < -0.3 is 4.74 Å². The van der Waals surface area contributed by atoms with Gasteiger partial charge >= 0.3 is 0 Å². The number of ether oxygens (including phenoxy) is 1. The molecule has 4 rings (SSSR count). The summed E-state index contributed by atoms with van der Waals surface area (Å²) >= 11 is 0. The summed E-state index contributed by atoms with van der Waals surface area (Å²) in [6.45, 7) is 7.10. The molecular weight excluding hydrogens is 284 g/mol. The number of rotatable bonds is 2. The zero-order valence-corrected chi connectivity index (χ0v) is 13.7. The molecule has 1 aromatic heterocycles. The molecule has 0 spiro atoms. The highest BCUT2D eigenvalue weighted by atomic mass is 16.5. The van der Waals surface area contributed by atoms with Gasteiger partial charge in [0.15, 0.2) is 0 Å². The summed E-state index contributed by atoms with van der Waals surface area (Å²) in [7, 11) is 0. The van der Waals surface area contributed by atoms with E-state index in [4.69, 9.17) is 9.72 Å². The van der Waals surface area contributed by atoms with E-state index in [2.05, 4.69) is 67.3 Å². The first kappa shape index (κ1) is 14.6. The summed E-state index contributed by atoms with van der Waals surface area (Å²) < 4.78 is 5.85. The number of morpholine rings is 1. The van der Waals surface area contributed by atoms with E-state index in [9.17, 15) is 0 Å². The molecule has 2 heterocycles. The summed E-state index contributed by atoms with van der Waals surface area (Å²) in [5.74, 6) is 0. The second-order valence-corrected chi connectivity index (χ2v) is 6.57. The van der Waals surface area contributed by atoms with Crippen molar-refractivity contribution in [1.82, 2.24) is 9.88 Å². The van der Waals surface area contributed by atoms with E-state index in [0.717, 1.165) is 25.2 Å². The maximum atomic E-state index is 5.85. The van der Waals surface area contributed by atoms with Crippen LogP contribution in [0.5, 0.6) is 0 Å². The Hall–Kier alpha value is -1.97. The van der Waals surface area contributed by atoms with E-state index < -0.39 is 0 Å². The first-order chi connectivity index (χ1) is 11.2. The lowest BCUT2D eigenvalue weighted by Crippen LogP contribution is -2.44. The van der Waals surface area contributed by atoms with E-state index in [-0.39, 0.29) is 12.2 Å². The molecule has 1 aliphatic heterocycles. The van der Waals surface area contributed by atoms with Crippen LogP contribution >= 0.6 is 0 Å². The molecule has 3 aromatic rings. The van der Waals surface area contributed by atoms with E-state index in [1.54, 1.807) is 0 Å². The minimum Gasteiger partial charge on any atom is -0.373 e. The normalized spacial score (nSPS) is 22.7. The quantitative estimate of drug-likeness (QED) is 0.669. The SMILES string of the molecule is C[C@@H]1CN(Cc2nc3ccccc3c3ccccc23)C[C@H](C)O1. The van der Waals surface area contributed by atoms with Crippen LogP contribution in [0.15, 0.2) is 48.5 Å². The molecule has 1 saturated heterocycles. The van der Waals surface area contributed by atoms with Crippen LogP contribution in [0.3, 0.4) is 0 Å². The van der Waals surface area contributed by atoms with Crippen LogP contribution in [-0.2, 0) is 11.3 Å². The molecule has 118 valence electrons. The number of hydrogen-bond donors (Lipinski definition) is 0. The van der Waals surface area contributed by atoms with Gasteiger partial charge in [-0.05, 0) is 25.3 Å². The standard InChI is InChI=1S/C20H22N2O/c1-14-11-22(12-15(2)23-14)13-20-18-9-4-3-7-16(18)17-8-5-6-10-19(17)21-20/h3-10,14-15H,11-13H2,1-2H3/t14-,15+. The zero-order valence-electron chi connectivity index (χ0n) is 13.7. The molecule has 2 aromatic carbocycles. The van der Waals surface area contributed by atoms with Crippen LogP contribution in [0, 0.1) is 0 Å². The predicted molar refractivity (Wildman–Crippen MR) is 94.5 cm³/mol. The molecule has 0 amide bonds. The van der Waals surface area contributed by atoms with E-state index in [1.807, 2.05) is 0 Å². The maximum absolute atomic E-state index is 5.85. The summed E-state index contributed by atoms with van der Waals surface area (Å²) in [5, 5.41) is 3.79. The number of benzene rings is 2. The third kappa shape index (κ3) is 2.82. The van der Waals surface area contributed by atoms with Gasteiger partial charge in [0.05, 0.1) is 23.4 Å². The smallest absolute Gasteiger partial charge is 0.0712 e. The maximum Gasteiger partial charge on any atom is 0.0712 e. The van der Waals surface area contributed by atoms with E-state index in [1.165, 1.54) is 21.9 Å². The molecule has 0 N–H and O–H groups in total. The fourth-order valence-electron chi connectivity index (χ4n) is 3.72. The van der Waals surface area contributed by atoms with Gasteiger partial charge in [-0.15, -0.1) is 0 Å². The molecule has 1 aliphatic rings. The highest BCUT2D eigenvalue weighted by Gasteiger charge is 2.23. The summed E-state index contributed by atoms with van der Waals surface area (Å²) in [4.78, 5) is 7.43. The van der Waals surface area contributed by atoms with Crippen LogP contribution in [0.1, 0.15) is 19.5 Å². The second kappa shape index (κ2) is 5.91. The number of hydrogen-bond acceptors (Lipinski definition) is 3. The molecule has 0 unspecified atom stereocenters. The van der Waals surface area contributed by atoms with Crippen molar-refractivity contribution in [3.05, 3.63) is 54.2 Å². The van der Waals surface area contributed by atoms with Crippen LogP contribution < -0.4 is 0 Å². The fourth-order valence-corrected chi connectivity index (χ4v) is 3.72. The highest BCUT2D eigenvalue weighted by Crippen LogP contribution is 2.27. The summed E-state index contributed by atoms with van der Waals surface area (Å²) in [5.41, 5.74) is 2.25. The van der Waals surface area contributed by atoms with Crippen molar-refractivity contribution in [3.8, 4) is 0 Å². The minimum atomic E-state index is 0.283. The molecule has 0 saturated carbocycles. The van der Waals surface area contributed by atoms with Crippen molar-refractivity contribution < 1.29 is 4.74 Å². The number of para-hydroxylation sites is 1. The summed E-state index contributed by atoms with van der Waals surface area (Å²) in [6.07, 6.45) is 0.566. The van der Waals surface area contributed by atoms with Crippen molar-refractivity contribution in [3.63, 3.8) is 0 Å². The largest absolute Gasteiger partial charge is 0.373 e. The van der Waals surface area contributed by atoms with Gasteiger partial charge in [-0.1, -0.05) is 42.5 Å². The lowest BCUT2D eigenvalue weighted by atomic mass is 10.0. The summed E-state index contributed by atoms with van der Waals surface area (Å²) in [6, 6.07) is 17.0. The van der Waals surface area contributed by atoms with E-state index >= 15 is 0 Å². The lowest BCUT2D eigenvalue weighted by molar-refractivity contribution is -0.0706. The lowest BCUT2D eigenvalue weighted by Gasteiger charge is -2.35. The monoisotopic (exact) mass is 306 g/mol. The number of pyridine rings is 1. The zero-order chi connectivity index (χ0) is 15.8. The Bertz CT molecular complexity index is 835. The first-order valence-corrected chi connectivity index (χ1v) is 8.35. The average Bonchev–Trinajstić information content (AvgIpc) is 2.54. The van der Waals surface area contributed by atoms with Gasteiger partial charge in [-0.2, -0.15) is 0 Å². The molecule has 3 heteroatoms. The molecule has 3 nitrogen and oxygen atoms in total. The van der Waals surface area contributed by atoms with Crippen molar-refractivity contribution in [2.45, 2.75) is 32.6 Å². The third-order valence-electron chi connectivity index (χ3n) is 4.56. The van der Waals surface area contributed by atoms with Gasteiger partial charge in [0, 0.05) is 30.4 Å². The minimum absolute atomic E-state index is 0.283. The topological polar surface area (TPSA) is 25.4 Å². The van der Waals surface area contributed by atoms with Crippen molar-refractivity contribution >= 4 is 21.7 Å². The van der Waals surface area contributed by atoms with Crippen LogP contribution in [0.4, 0.5) is 0 Å². The van der Waals surface area contributed by atoms with Gasteiger partial charge in [-0.25, -0.2) is 0 Å². The Morgan fingerprint density at radius 2 is 1.52 bits per heavy atom. The van der Waals surface area contributed by atoms with Gasteiger partial charge in [0.2, 0.25) is 0 Å². The molecule has 0 radical (unpaired) electrons. The van der Waals surface area contributed by atoms with Gasteiger partial charge in [0.25, 0.3) is 0 Å². The Kier molecular flexibility index (Phi) is 3.76. The van der Waals surface area contributed by atoms with Crippen molar-refractivity contribution in [1.29, 1.82) is 0 Å². The van der Waals surface area contributed by atoms with Gasteiger partial charge in [0.1, 0.15) is 0 Å².